The monoisotopic (exact) mass is 429 g/mol. The lowest BCUT2D eigenvalue weighted by atomic mass is 9.81. The molecule has 2 aromatic carbocycles. The maximum atomic E-state index is 12.7. The van der Waals surface area contributed by atoms with Gasteiger partial charge in [-0.2, -0.15) is 0 Å². The number of likely N-dealkylation sites (tertiary alicyclic amines) is 1. The van der Waals surface area contributed by atoms with Crippen LogP contribution in [-0.4, -0.2) is 32.6 Å². The summed E-state index contributed by atoms with van der Waals surface area (Å²) in [7, 11) is 0. The largest absolute Gasteiger partial charge is 0.281 e. The molecule has 2 N–H and O–H groups in total. The molecule has 2 fully saturated rings. The molecule has 0 spiro atoms. The molecule has 2 atom stereocenters. The molecule has 1 saturated carbocycles. The van der Waals surface area contributed by atoms with Crippen LogP contribution in [0.3, 0.4) is 0 Å². The van der Waals surface area contributed by atoms with Gasteiger partial charge in [0.1, 0.15) is 6.33 Å². The Morgan fingerprint density at radius 1 is 0.938 bits per heavy atom. The summed E-state index contributed by atoms with van der Waals surface area (Å²) < 4.78 is 0. The number of nitrogens with one attached hydrogen (secondary N) is 2. The summed E-state index contributed by atoms with van der Waals surface area (Å²) in [4.78, 5) is 47.6. The first-order valence-corrected chi connectivity index (χ1v) is 10.8. The Bertz CT molecular complexity index is 1160. The molecule has 3 amide bonds. The molecule has 1 aromatic heterocycles. The number of para-hydroxylation sites is 1. The van der Waals surface area contributed by atoms with Gasteiger partial charge in [0.05, 0.1) is 23.9 Å². The number of hydrogen-bond donors (Lipinski definition) is 2. The van der Waals surface area contributed by atoms with Gasteiger partial charge in [-0.15, -0.1) is 0 Å². The highest BCUT2D eigenvalue weighted by Gasteiger charge is 2.47. The van der Waals surface area contributed by atoms with E-state index in [-0.39, 0.29) is 36.1 Å². The lowest BCUT2D eigenvalue weighted by Gasteiger charge is -2.19. The van der Waals surface area contributed by atoms with Crippen LogP contribution in [0.1, 0.15) is 41.6 Å². The number of anilines is 1. The predicted molar refractivity (Wildman–Crippen MR) is 118 cm³/mol. The van der Waals surface area contributed by atoms with Crippen LogP contribution in [0.2, 0.25) is 0 Å². The molecule has 162 valence electrons. The fourth-order valence-corrected chi connectivity index (χ4v) is 4.62. The number of nitrogens with zero attached hydrogens (tertiary/aromatic N) is 3. The summed E-state index contributed by atoms with van der Waals surface area (Å²) in [5.74, 6) is -0.215. The van der Waals surface area contributed by atoms with Gasteiger partial charge in [-0.25, -0.2) is 9.97 Å². The number of carbonyl (C=O) groups is 3. The summed E-state index contributed by atoms with van der Waals surface area (Å²) in [5, 5.41) is 0.797. The molecule has 2 aliphatic rings. The zero-order chi connectivity index (χ0) is 22.1. The molecule has 1 aliphatic carbocycles. The second-order valence-electron chi connectivity index (χ2n) is 8.28. The van der Waals surface area contributed by atoms with Crippen LogP contribution in [0.25, 0.3) is 10.9 Å². The molecule has 0 bridgehead atoms. The summed E-state index contributed by atoms with van der Waals surface area (Å²) >= 11 is 0. The first-order chi connectivity index (χ1) is 15.6. The molecule has 1 saturated heterocycles. The second-order valence-corrected chi connectivity index (χ2v) is 8.28. The number of amides is 3. The quantitative estimate of drug-likeness (QED) is 0.477. The van der Waals surface area contributed by atoms with Gasteiger partial charge in [0.15, 0.2) is 5.82 Å². The first kappa shape index (κ1) is 20.1. The topological polar surface area (TPSA) is 104 Å². The van der Waals surface area contributed by atoms with E-state index in [1.54, 1.807) is 24.3 Å². The Morgan fingerprint density at radius 3 is 2.34 bits per heavy atom. The van der Waals surface area contributed by atoms with E-state index in [0.717, 1.165) is 42.1 Å². The van der Waals surface area contributed by atoms with Gasteiger partial charge in [0.2, 0.25) is 11.8 Å². The maximum Gasteiger partial charge on any atom is 0.269 e. The van der Waals surface area contributed by atoms with Crippen molar-refractivity contribution in [3.05, 3.63) is 66.0 Å². The van der Waals surface area contributed by atoms with Crippen molar-refractivity contribution >= 4 is 34.4 Å². The Kier molecular flexibility index (Phi) is 5.26. The molecule has 8 heteroatoms. The number of aromatic nitrogens is 2. The Labute approximate surface area is 185 Å². The molecule has 2 heterocycles. The third-order valence-corrected chi connectivity index (χ3v) is 6.33. The van der Waals surface area contributed by atoms with Crippen LogP contribution in [0.5, 0.6) is 0 Å². The van der Waals surface area contributed by atoms with E-state index >= 15 is 0 Å². The van der Waals surface area contributed by atoms with Gasteiger partial charge < -0.3 is 0 Å². The zero-order valence-corrected chi connectivity index (χ0v) is 17.5. The van der Waals surface area contributed by atoms with Crippen molar-refractivity contribution in [2.75, 3.05) is 5.43 Å². The number of hydrogen-bond acceptors (Lipinski definition) is 6. The minimum absolute atomic E-state index is 0.0530. The molecule has 8 nitrogen and oxygen atoms in total. The number of rotatable bonds is 5. The highest BCUT2D eigenvalue weighted by Crippen LogP contribution is 2.38. The van der Waals surface area contributed by atoms with Crippen molar-refractivity contribution < 1.29 is 14.4 Å². The zero-order valence-electron chi connectivity index (χ0n) is 17.5. The molecular weight excluding hydrogens is 406 g/mol. The van der Waals surface area contributed by atoms with Gasteiger partial charge in [0.25, 0.3) is 5.91 Å². The van der Waals surface area contributed by atoms with E-state index < -0.39 is 0 Å². The van der Waals surface area contributed by atoms with E-state index in [4.69, 9.17) is 0 Å². The number of imide groups is 1. The average molecular weight is 429 g/mol. The van der Waals surface area contributed by atoms with Gasteiger partial charge in [-0.3, -0.25) is 30.1 Å². The van der Waals surface area contributed by atoms with Crippen molar-refractivity contribution in [3.63, 3.8) is 0 Å². The fraction of sp³-hybridized carbons (Fsp3) is 0.292. The predicted octanol–water partition coefficient (Wildman–Crippen LogP) is 3.06. The molecule has 5 rings (SSSR count). The third-order valence-electron chi connectivity index (χ3n) is 6.33. The SMILES string of the molecule is O=C(NNc1ncnc2ccccc12)c1ccc(CN2C(=O)C3CCCCC3C2=O)cc1. The number of hydrazine groups is 1. The molecule has 1 aliphatic heterocycles. The third kappa shape index (κ3) is 3.68. The lowest BCUT2D eigenvalue weighted by Crippen LogP contribution is -2.31. The van der Waals surface area contributed by atoms with Crippen LogP contribution in [-0.2, 0) is 16.1 Å². The Hall–Kier alpha value is -3.81. The highest BCUT2D eigenvalue weighted by atomic mass is 16.2. The summed E-state index contributed by atoms with van der Waals surface area (Å²) in [6, 6.07) is 14.4. The minimum Gasteiger partial charge on any atom is -0.281 e. The van der Waals surface area contributed by atoms with Crippen molar-refractivity contribution in [1.29, 1.82) is 0 Å². The molecule has 2 unspecified atom stereocenters. The number of carbonyl (C=O) groups excluding carboxylic acids is 3. The van der Waals surface area contributed by atoms with Crippen LogP contribution in [0.15, 0.2) is 54.9 Å². The van der Waals surface area contributed by atoms with Crippen molar-refractivity contribution in [3.8, 4) is 0 Å². The maximum absolute atomic E-state index is 12.7. The van der Waals surface area contributed by atoms with Crippen LogP contribution >= 0.6 is 0 Å². The Balaban J connectivity index is 1.23. The molecule has 3 aromatic rings. The number of fused-ring (bicyclic) bond motifs is 2. The van der Waals surface area contributed by atoms with Crippen LogP contribution in [0.4, 0.5) is 5.82 Å². The number of benzene rings is 2. The van der Waals surface area contributed by atoms with Gasteiger partial charge in [0, 0.05) is 10.9 Å². The molecular formula is C24H23N5O3. The van der Waals surface area contributed by atoms with E-state index in [1.165, 1.54) is 11.2 Å². The summed E-state index contributed by atoms with van der Waals surface area (Å²) in [5.41, 5.74) is 7.54. The van der Waals surface area contributed by atoms with Crippen molar-refractivity contribution in [2.45, 2.75) is 32.2 Å². The molecule has 32 heavy (non-hydrogen) atoms. The van der Waals surface area contributed by atoms with E-state index in [0.29, 0.717) is 11.4 Å². The first-order valence-electron chi connectivity index (χ1n) is 10.8. The average Bonchev–Trinajstić information content (AvgIpc) is 3.08. The fourth-order valence-electron chi connectivity index (χ4n) is 4.62. The van der Waals surface area contributed by atoms with Crippen LogP contribution < -0.4 is 10.9 Å². The van der Waals surface area contributed by atoms with E-state index in [9.17, 15) is 14.4 Å². The normalized spacial score (nSPS) is 20.3. The molecule has 0 radical (unpaired) electrons. The smallest absolute Gasteiger partial charge is 0.269 e. The lowest BCUT2D eigenvalue weighted by molar-refractivity contribution is -0.140. The van der Waals surface area contributed by atoms with Gasteiger partial charge in [-0.05, 0) is 42.7 Å². The second kappa shape index (κ2) is 8.37. The highest BCUT2D eigenvalue weighted by molar-refractivity contribution is 6.05. The summed E-state index contributed by atoms with van der Waals surface area (Å²) in [6.07, 6.45) is 5.06. The van der Waals surface area contributed by atoms with Crippen molar-refractivity contribution in [1.82, 2.24) is 20.3 Å². The van der Waals surface area contributed by atoms with Crippen LogP contribution in [0, 0.1) is 11.8 Å². The minimum atomic E-state index is -0.321. The standard InChI is InChI=1S/C24H23N5O3/c30-22(28-27-21-19-7-3-4-8-20(19)25-14-26-21)16-11-9-15(10-12-16)13-29-23(31)17-5-1-2-6-18(17)24(29)32/h3-4,7-12,14,17-18H,1-2,5-6,13H2,(H,28,30)(H,25,26,27). The van der Waals surface area contributed by atoms with E-state index in [1.807, 2.05) is 24.3 Å². The Morgan fingerprint density at radius 2 is 1.62 bits per heavy atom. The van der Waals surface area contributed by atoms with Crippen molar-refractivity contribution in [2.24, 2.45) is 11.8 Å². The van der Waals surface area contributed by atoms with Gasteiger partial charge in [-0.1, -0.05) is 37.1 Å². The summed E-state index contributed by atoms with van der Waals surface area (Å²) in [6.45, 7) is 0.248. The van der Waals surface area contributed by atoms with E-state index in [2.05, 4.69) is 20.8 Å². The van der Waals surface area contributed by atoms with Gasteiger partial charge >= 0.3 is 0 Å².